The van der Waals surface area contributed by atoms with E-state index in [1.54, 1.807) is 0 Å². The van der Waals surface area contributed by atoms with Crippen LogP contribution in [0.15, 0.2) is 12.3 Å². The fourth-order valence-corrected chi connectivity index (χ4v) is 2.14. The maximum atomic E-state index is 6.40. The summed E-state index contributed by atoms with van der Waals surface area (Å²) in [7, 11) is 4.10. The van der Waals surface area contributed by atoms with Gasteiger partial charge in [-0.3, -0.25) is 4.68 Å². The number of likely N-dealkylation sites (tertiary alicyclic amines) is 1. The summed E-state index contributed by atoms with van der Waals surface area (Å²) in [4.78, 5) is 2.32. The van der Waals surface area contributed by atoms with Crippen molar-refractivity contribution >= 4 is 0 Å². The summed E-state index contributed by atoms with van der Waals surface area (Å²) in [5.41, 5.74) is 7.39. The van der Waals surface area contributed by atoms with Crippen LogP contribution < -0.4 is 5.73 Å². The van der Waals surface area contributed by atoms with Gasteiger partial charge in [-0.25, -0.2) is 0 Å². The van der Waals surface area contributed by atoms with Gasteiger partial charge in [0, 0.05) is 13.2 Å². The molecule has 0 bridgehead atoms. The highest BCUT2D eigenvalue weighted by Gasteiger charge is 2.33. The van der Waals surface area contributed by atoms with Crippen molar-refractivity contribution in [3.05, 3.63) is 18.0 Å². The number of rotatable bonds is 1. The van der Waals surface area contributed by atoms with Crippen molar-refractivity contribution in [3.8, 4) is 0 Å². The monoisotopic (exact) mass is 194 g/mol. The van der Waals surface area contributed by atoms with E-state index in [0.29, 0.717) is 0 Å². The first-order valence-corrected chi connectivity index (χ1v) is 5.08. The highest BCUT2D eigenvalue weighted by atomic mass is 15.3. The molecule has 1 saturated heterocycles. The molecule has 1 aliphatic heterocycles. The van der Waals surface area contributed by atoms with Gasteiger partial charge >= 0.3 is 0 Å². The fraction of sp³-hybridized carbons (Fsp3) is 0.700. The number of hydrogen-bond acceptors (Lipinski definition) is 3. The highest BCUT2D eigenvalue weighted by Crippen LogP contribution is 2.28. The first kappa shape index (κ1) is 9.68. The molecular weight excluding hydrogens is 176 g/mol. The van der Waals surface area contributed by atoms with E-state index in [4.69, 9.17) is 5.73 Å². The van der Waals surface area contributed by atoms with Crippen LogP contribution >= 0.6 is 0 Å². The van der Waals surface area contributed by atoms with Crippen LogP contribution in [0.5, 0.6) is 0 Å². The van der Waals surface area contributed by atoms with Gasteiger partial charge in [-0.2, -0.15) is 5.10 Å². The standard InChI is InChI=1S/C10H18N4/c1-13-7-4-10(11,5-8-13)9-3-6-12-14(9)2/h3,6H,4-5,7-8,11H2,1-2H3. The molecule has 0 spiro atoms. The van der Waals surface area contributed by atoms with E-state index in [-0.39, 0.29) is 5.54 Å². The first-order valence-electron chi connectivity index (χ1n) is 5.08. The maximum Gasteiger partial charge on any atom is 0.0605 e. The predicted octanol–water partition coefficient (Wildman–Crippen LogP) is 0.300. The van der Waals surface area contributed by atoms with Crippen LogP contribution in [0.2, 0.25) is 0 Å². The van der Waals surface area contributed by atoms with Crippen molar-refractivity contribution in [1.82, 2.24) is 14.7 Å². The molecule has 78 valence electrons. The topological polar surface area (TPSA) is 47.1 Å². The molecular formula is C10H18N4. The quantitative estimate of drug-likeness (QED) is 0.699. The minimum Gasteiger partial charge on any atom is -0.320 e. The van der Waals surface area contributed by atoms with E-state index in [1.165, 1.54) is 0 Å². The number of nitrogens with zero attached hydrogens (tertiary/aromatic N) is 3. The number of aryl methyl sites for hydroxylation is 1. The molecule has 1 aromatic rings. The third-order valence-electron chi connectivity index (χ3n) is 3.21. The van der Waals surface area contributed by atoms with Crippen molar-refractivity contribution in [3.63, 3.8) is 0 Å². The largest absolute Gasteiger partial charge is 0.320 e. The summed E-state index contributed by atoms with van der Waals surface area (Å²) < 4.78 is 1.89. The van der Waals surface area contributed by atoms with E-state index in [1.807, 2.05) is 24.0 Å². The van der Waals surface area contributed by atoms with Crippen molar-refractivity contribution in [2.24, 2.45) is 12.8 Å². The minimum absolute atomic E-state index is 0.169. The third-order valence-corrected chi connectivity index (χ3v) is 3.21. The van der Waals surface area contributed by atoms with Gasteiger partial charge in [-0.05, 0) is 39.0 Å². The molecule has 0 saturated carbocycles. The molecule has 0 atom stereocenters. The van der Waals surface area contributed by atoms with Crippen LogP contribution in [0.3, 0.4) is 0 Å². The van der Waals surface area contributed by atoms with E-state index in [0.717, 1.165) is 31.6 Å². The van der Waals surface area contributed by atoms with Crippen molar-refractivity contribution in [2.45, 2.75) is 18.4 Å². The molecule has 4 heteroatoms. The lowest BCUT2D eigenvalue weighted by atomic mass is 9.85. The molecule has 0 radical (unpaired) electrons. The summed E-state index contributed by atoms with van der Waals surface area (Å²) in [5.74, 6) is 0. The minimum atomic E-state index is -0.169. The summed E-state index contributed by atoms with van der Waals surface area (Å²) in [5, 5.41) is 4.18. The van der Waals surface area contributed by atoms with Crippen LogP contribution in [0.1, 0.15) is 18.5 Å². The maximum absolute atomic E-state index is 6.40. The van der Waals surface area contributed by atoms with Crippen molar-refractivity contribution in [2.75, 3.05) is 20.1 Å². The molecule has 0 aromatic carbocycles. The number of piperidine rings is 1. The smallest absolute Gasteiger partial charge is 0.0605 e. The molecule has 1 aliphatic rings. The van der Waals surface area contributed by atoms with Gasteiger partial charge in [0.1, 0.15) is 0 Å². The second-order valence-corrected chi connectivity index (χ2v) is 4.30. The molecule has 4 nitrogen and oxygen atoms in total. The van der Waals surface area contributed by atoms with E-state index < -0.39 is 0 Å². The molecule has 1 fully saturated rings. The van der Waals surface area contributed by atoms with Crippen LogP contribution in [0, 0.1) is 0 Å². The Hall–Kier alpha value is -0.870. The number of hydrogen-bond donors (Lipinski definition) is 1. The molecule has 1 aromatic heterocycles. The Bertz CT molecular complexity index is 310. The third kappa shape index (κ3) is 1.55. The van der Waals surface area contributed by atoms with Gasteiger partial charge < -0.3 is 10.6 Å². The summed E-state index contributed by atoms with van der Waals surface area (Å²) >= 11 is 0. The van der Waals surface area contributed by atoms with Crippen molar-refractivity contribution in [1.29, 1.82) is 0 Å². The molecule has 2 rings (SSSR count). The molecule has 0 unspecified atom stereocenters. The number of nitrogens with two attached hydrogens (primary N) is 1. The molecule has 14 heavy (non-hydrogen) atoms. The Kier molecular flexibility index (Phi) is 2.33. The van der Waals surface area contributed by atoms with Gasteiger partial charge in [0.25, 0.3) is 0 Å². The molecule has 0 amide bonds. The van der Waals surface area contributed by atoms with E-state index in [2.05, 4.69) is 17.0 Å². The summed E-state index contributed by atoms with van der Waals surface area (Å²) in [6, 6.07) is 2.03. The average Bonchev–Trinajstić information content (AvgIpc) is 2.58. The second-order valence-electron chi connectivity index (χ2n) is 4.30. The summed E-state index contributed by atoms with van der Waals surface area (Å²) in [6.07, 6.45) is 3.86. The fourth-order valence-electron chi connectivity index (χ4n) is 2.14. The van der Waals surface area contributed by atoms with Gasteiger partial charge in [0.2, 0.25) is 0 Å². The van der Waals surface area contributed by atoms with Crippen LogP contribution in [0.4, 0.5) is 0 Å². The Balaban J connectivity index is 2.21. The van der Waals surface area contributed by atoms with E-state index in [9.17, 15) is 0 Å². The predicted molar refractivity (Wildman–Crippen MR) is 55.8 cm³/mol. The normalized spacial score (nSPS) is 22.5. The highest BCUT2D eigenvalue weighted by molar-refractivity contribution is 5.15. The second kappa shape index (κ2) is 3.37. The van der Waals surface area contributed by atoms with Crippen LogP contribution in [0.25, 0.3) is 0 Å². The van der Waals surface area contributed by atoms with E-state index >= 15 is 0 Å². The Morgan fingerprint density at radius 3 is 2.50 bits per heavy atom. The lowest BCUT2D eigenvalue weighted by molar-refractivity contribution is 0.184. The van der Waals surface area contributed by atoms with Crippen LogP contribution in [-0.4, -0.2) is 34.8 Å². The Morgan fingerprint density at radius 2 is 2.00 bits per heavy atom. The summed E-state index contributed by atoms with van der Waals surface area (Å²) in [6.45, 7) is 2.14. The molecule has 2 heterocycles. The van der Waals surface area contributed by atoms with Gasteiger partial charge in [-0.15, -0.1) is 0 Å². The lowest BCUT2D eigenvalue weighted by Crippen LogP contribution is -2.48. The SMILES string of the molecule is CN1CCC(N)(c2ccnn2C)CC1. The first-order chi connectivity index (χ1) is 6.62. The van der Waals surface area contributed by atoms with Gasteiger partial charge in [0.15, 0.2) is 0 Å². The zero-order valence-corrected chi connectivity index (χ0v) is 8.90. The Labute approximate surface area is 84.7 Å². The Morgan fingerprint density at radius 1 is 1.36 bits per heavy atom. The molecule has 0 aliphatic carbocycles. The molecule has 2 N–H and O–H groups in total. The van der Waals surface area contributed by atoms with Gasteiger partial charge in [-0.1, -0.05) is 0 Å². The zero-order chi connectivity index (χ0) is 10.2. The average molecular weight is 194 g/mol. The van der Waals surface area contributed by atoms with Gasteiger partial charge in [0.05, 0.1) is 11.2 Å². The lowest BCUT2D eigenvalue weighted by Gasteiger charge is -2.37. The van der Waals surface area contributed by atoms with Crippen molar-refractivity contribution < 1.29 is 0 Å². The zero-order valence-electron chi connectivity index (χ0n) is 8.90. The van der Waals surface area contributed by atoms with Crippen LogP contribution in [-0.2, 0) is 12.6 Å². The number of aromatic nitrogens is 2.